The summed E-state index contributed by atoms with van der Waals surface area (Å²) in [5.41, 5.74) is 3.72. The van der Waals surface area contributed by atoms with Crippen LogP contribution in [-0.2, 0) is 9.59 Å². The topological polar surface area (TPSA) is 55.4 Å². The number of Topliss-reactive ketones (excluding diaryl/α,β-unsaturated/α-hetero) is 1. The summed E-state index contributed by atoms with van der Waals surface area (Å²) in [7, 11) is 1.64. The van der Waals surface area contributed by atoms with E-state index in [1.54, 1.807) is 7.11 Å². The van der Waals surface area contributed by atoms with E-state index in [4.69, 9.17) is 4.74 Å². The van der Waals surface area contributed by atoms with Crippen molar-refractivity contribution in [2.24, 2.45) is 0 Å². The quantitative estimate of drug-likeness (QED) is 0.921. The molecule has 1 amide bonds. The molecule has 0 unspecified atom stereocenters. The highest BCUT2D eigenvalue weighted by atomic mass is 16.5. The fourth-order valence-electron chi connectivity index (χ4n) is 4.04. The first kappa shape index (κ1) is 16.6. The van der Waals surface area contributed by atoms with Crippen LogP contribution in [0.5, 0.6) is 5.75 Å². The minimum atomic E-state index is -0.135. The number of hydrogen-bond donors (Lipinski definition) is 1. The first-order chi connectivity index (χ1) is 12.7. The second kappa shape index (κ2) is 6.79. The molecule has 132 valence electrons. The summed E-state index contributed by atoms with van der Waals surface area (Å²) in [5, 5.41) is 2.97. The molecule has 0 fully saturated rings. The van der Waals surface area contributed by atoms with Gasteiger partial charge in [-0.1, -0.05) is 42.5 Å². The van der Waals surface area contributed by atoms with Crippen molar-refractivity contribution in [3.05, 3.63) is 77.0 Å². The van der Waals surface area contributed by atoms with Gasteiger partial charge >= 0.3 is 0 Å². The van der Waals surface area contributed by atoms with Crippen molar-refractivity contribution in [2.75, 3.05) is 7.11 Å². The number of carbonyl (C=O) groups excluding carboxylic acids is 2. The zero-order valence-corrected chi connectivity index (χ0v) is 14.7. The average molecular weight is 347 g/mol. The van der Waals surface area contributed by atoms with Crippen LogP contribution in [0.4, 0.5) is 0 Å². The Labute approximate surface area is 152 Å². The molecule has 1 N–H and O–H groups in total. The lowest BCUT2D eigenvalue weighted by Gasteiger charge is -2.34. The molecular formula is C22H21NO3. The van der Waals surface area contributed by atoms with Crippen LogP contribution in [-0.4, -0.2) is 18.8 Å². The maximum absolute atomic E-state index is 13.0. The first-order valence-corrected chi connectivity index (χ1v) is 8.90. The molecule has 0 bridgehead atoms. The molecule has 1 aliphatic heterocycles. The number of rotatable bonds is 3. The Morgan fingerprint density at radius 1 is 0.885 bits per heavy atom. The van der Waals surface area contributed by atoms with Crippen molar-refractivity contribution < 1.29 is 14.3 Å². The van der Waals surface area contributed by atoms with E-state index < -0.39 is 0 Å². The molecule has 4 heteroatoms. The van der Waals surface area contributed by atoms with Crippen molar-refractivity contribution in [2.45, 2.75) is 31.1 Å². The molecule has 4 rings (SSSR count). The molecule has 1 aliphatic carbocycles. The van der Waals surface area contributed by atoms with E-state index in [0.29, 0.717) is 19.3 Å². The van der Waals surface area contributed by atoms with Gasteiger partial charge in [0.25, 0.3) is 0 Å². The molecule has 2 aromatic rings. The van der Waals surface area contributed by atoms with Crippen LogP contribution in [0.25, 0.3) is 0 Å². The lowest BCUT2D eigenvalue weighted by molar-refractivity contribution is -0.122. The highest BCUT2D eigenvalue weighted by Crippen LogP contribution is 2.42. The van der Waals surface area contributed by atoms with Gasteiger partial charge in [-0.05, 0) is 35.6 Å². The third kappa shape index (κ3) is 3.03. The molecule has 0 spiro atoms. The van der Waals surface area contributed by atoms with Crippen LogP contribution in [0.2, 0.25) is 0 Å². The van der Waals surface area contributed by atoms with E-state index in [2.05, 4.69) is 5.32 Å². The summed E-state index contributed by atoms with van der Waals surface area (Å²) in [6.07, 6.45) is 1.49. The molecule has 2 aromatic carbocycles. The fourth-order valence-corrected chi connectivity index (χ4v) is 4.04. The monoisotopic (exact) mass is 347 g/mol. The number of hydrogen-bond acceptors (Lipinski definition) is 3. The maximum Gasteiger partial charge on any atom is 0.225 e. The molecule has 26 heavy (non-hydrogen) atoms. The fraction of sp³-hybridized carbons (Fsp3) is 0.273. The molecule has 0 saturated carbocycles. The summed E-state index contributed by atoms with van der Waals surface area (Å²) < 4.78 is 5.21. The van der Waals surface area contributed by atoms with Crippen molar-refractivity contribution >= 4 is 11.7 Å². The number of ketones is 1. The maximum atomic E-state index is 13.0. The number of nitrogens with one attached hydrogen (secondary N) is 1. The average Bonchev–Trinajstić information content (AvgIpc) is 2.67. The summed E-state index contributed by atoms with van der Waals surface area (Å²) in [6.45, 7) is 0. The zero-order chi connectivity index (χ0) is 18.1. The Morgan fingerprint density at radius 3 is 2.31 bits per heavy atom. The van der Waals surface area contributed by atoms with Crippen LogP contribution in [0.1, 0.15) is 42.2 Å². The van der Waals surface area contributed by atoms with Gasteiger partial charge in [0, 0.05) is 30.0 Å². The lowest BCUT2D eigenvalue weighted by Crippen LogP contribution is -2.38. The van der Waals surface area contributed by atoms with E-state index in [1.165, 1.54) is 0 Å². The molecular weight excluding hydrogens is 326 g/mol. The minimum Gasteiger partial charge on any atom is -0.497 e. The Balaban J connectivity index is 1.67. The van der Waals surface area contributed by atoms with Crippen molar-refractivity contribution in [1.82, 2.24) is 5.32 Å². The molecule has 2 atom stereocenters. The number of allylic oxidation sites excluding steroid dienone is 2. The van der Waals surface area contributed by atoms with Crippen molar-refractivity contribution in [1.29, 1.82) is 0 Å². The van der Waals surface area contributed by atoms with E-state index in [1.807, 2.05) is 54.6 Å². The summed E-state index contributed by atoms with van der Waals surface area (Å²) in [5.74, 6) is 0.874. The van der Waals surface area contributed by atoms with Gasteiger partial charge in [-0.25, -0.2) is 0 Å². The lowest BCUT2D eigenvalue weighted by atomic mass is 9.73. The van der Waals surface area contributed by atoms with Gasteiger partial charge in [0.1, 0.15) is 5.75 Å². The minimum absolute atomic E-state index is 0.0132. The number of methoxy groups -OCH3 is 1. The number of carbonyl (C=O) groups is 2. The number of ether oxygens (including phenoxy) is 1. The Kier molecular flexibility index (Phi) is 4.33. The van der Waals surface area contributed by atoms with Gasteiger partial charge in [0.05, 0.1) is 7.11 Å². The number of benzene rings is 2. The molecule has 2 aliphatic rings. The van der Waals surface area contributed by atoms with Gasteiger partial charge in [0.2, 0.25) is 5.91 Å². The summed E-state index contributed by atoms with van der Waals surface area (Å²) in [4.78, 5) is 25.3. The molecule has 4 nitrogen and oxygen atoms in total. The largest absolute Gasteiger partial charge is 0.497 e. The van der Waals surface area contributed by atoms with Gasteiger partial charge in [-0.15, -0.1) is 0 Å². The van der Waals surface area contributed by atoms with Gasteiger partial charge in [-0.3, -0.25) is 9.59 Å². The SMILES string of the molecule is COc1ccc([C@H]2CC(=O)C3=C(C2)NC(=O)C[C@@H]3c2ccccc2)cc1. The van der Waals surface area contributed by atoms with Crippen LogP contribution < -0.4 is 10.1 Å². The normalized spacial score (nSPS) is 22.7. The zero-order valence-electron chi connectivity index (χ0n) is 14.7. The predicted octanol–water partition coefficient (Wildman–Crippen LogP) is 3.70. The first-order valence-electron chi connectivity index (χ1n) is 8.90. The molecule has 1 heterocycles. The Hall–Kier alpha value is -2.88. The standard InChI is InChI=1S/C22H21NO3/c1-26-17-9-7-14(8-10-17)16-11-19-22(20(24)12-16)18(13-21(25)23-19)15-5-3-2-4-6-15/h2-10,16,18H,11-13H2,1H3,(H,23,25)/t16-,18-/m1/s1. The smallest absolute Gasteiger partial charge is 0.225 e. The summed E-state index contributed by atoms with van der Waals surface area (Å²) >= 11 is 0. The predicted molar refractivity (Wildman–Crippen MR) is 98.9 cm³/mol. The molecule has 0 saturated heterocycles. The van der Waals surface area contributed by atoms with Crippen LogP contribution >= 0.6 is 0 Å². The van der Waals surface area contributed by atoms with Crippen molar-refractivity contribution in [3.63, 3.8) is 0 Å². The van der Waals surface area contributed by atoms with Crippen molar-refractivity contribution in [3.8, 4) is 5.75 Å². The van der Waals surface area contributed by atoms with Gasteiger partial charge < -0.3 is 10.1 Å². The third-order valence-corrected chi connectivity index (χ3v) is 5.33. The Morgan fingerprint density at radius 2 is 1.62 bits per heavy atom. The molecule has 0 aromatic heterocycles. The highest BCUT2D eigenvalue weighted by molar-refractivity contribution is 6.02. The van der Waals surface area contributed by atoms with Gasteiger partial charge in [-0.2, -0.15) is 0 Å². The van der Waals surface area contributed by atoms with E-state index in [-0.39, 0.29) is 23.5 Å². The highest BCUT2D eigenvalue weighted by Gasteiger charge is 2.38. The number of amides is 1. The van der Waals surface area contributed by atoms with E-state index >= 15 is 0 Å². The van der Waals surface area contributed by atoms with Crippen LogP contribution in [0.15, 0.2) is 65.9 Å². The van der Waals surface area contributed by atoms with Crippen LogP contribution in [0, 0.1) is 0 Å². The Bertz CT molecular complexity index is 868. The second-order valence-electron chi connectivity index (χ2n) is 6.91. The van der Waals surface area contributed by atoms with E-state index in [0.717, 1.165) is 28.1 Å². The van der Waals surface area contributed by atoms with E-state index in [9.17, 15) is 9.59 Å². The third-order valence-electron chi connectivity index (χ3n) is 5.33. The van der Waals surface area contributed by atoms with Crippen LogP contribution in [0.3, 0.4) is 0 Å². The molecule has 0 radical (unpaired) electrons. The second-order valence-corrected chi connectivity index (χ2v) is 6.91. The van der Waals surface area contributed by atoms with Gasteiger partial charge in [0.15, 0.2) is 5.78 Å². The summed E-state index contributed by atoms with van der Waals surface area (Å²) in [6, 6.07) is 17.7.